The highest BCUT2D eigenvalue weighted by Gasteiger charge is 2.40. The van der Waals surface area contributed by atoms with E-state index in [0.29, 0.717) is 0 Å². The van der Waals surface area contributed by atoms with E-state index in [0.717, 1.165) is 34.2 Å². The molecule has 5 heteroatoms. The normalized spacial score (nSPS) is 11.9. The minimum atomic E-state index is -3.94. The molecule has 5 aromatic carbocycles. The van der Waals surface area contributed by atoms with Gasteiger partial charge in [-0.25, -0.2) is 0 Å². The molecular formula is C27H21IO3S+. The summed E-state index contributed by atoms with van der Waals surface area (Å²) in [6.45, 7) is 1.93. The zero-order valence-electron chi connectivity index (χ0n) is 17.4. The molecule has 3 nitrogen and oxygen atoms in total. The minimum Gasteiger partial charge on any atom is -0.190 e. The Morgan fingerprint density at radius 3 is 1.59 bits per heavy atom. The van der Waals surface area contributed by atoms with Crippen LogP contribution < -0.4 is 20.2 Å². The highest BCUT2D eigenvalue weighted by molar-refractivity contribution is 7.86. The van der Waals surface area contributed by atoms with Crippen LogP contribution in [-0.4, -0.2) is 8.42 Å². The zero-order chi connectivity index (χ0) is 22.1. The van der Waals surface area contributed by atoms with Gasteiger partial charge in [0.2, 0.25) is 0 Å². The van der Waals surface area contributed by atoms with E-state index in [1.165, 1.54) is 0 Å². The molecule has 0 N–H and O–H groups in total. The first-order valence-electron chi connectivity index (χ1n) is 10.2. The average Bonchev–Trinajstić information content (AvgIpc) is 2.82. The van der Waals surface area contributed by atoms with Gasteiger partial charge in [0.1, 0.15) is 0 Å². The van der Waals surface area contributed by atoms with Crippen LogP contribution in [0.25, 0.3) is 21.5 Å². The van der Waals surface area contributed by atoms with Crippen molar-refractivity contribution in [1.29, 1.82) is 0 Å². The number of halogens is 1. The van der Waals surface area contributed by atoms with E-state index in [9.17, 15) is 8.42 Å². The molecule has 0 saturated carbocycles. The molecule has 5 aromatic rings. The highest BCUT2D eigenvalue weighted by atomic mass is 127. The van der Waals surface area contributed by atoms with E-state index < -0.39 is 30.4 Å². The van der Waals surface area contributed by atoms with Crippen LogP contribution in [0.5, 0.6) is 0 Å². The van der Waals surface area contributed by atoms with Crippen LogP contribution in [0.2, 0.25) is 0 Å². The van der Waals surface area contributed by atoms with Crippen molar-refractivity contribution in [3.05, 3.63) is 122 Å². The Kier molecular flexibility index (Phi) is 5.71. The lowest BCUT2D eigenvalue weighted by atomic mass is 10.1. The SMILES string of the molecule is Cc1ccc(S(=O)(=O)O[I+](c2cccc3ccccc23)c2cccc3ccccc23)cc1. The summed E-state index contributed by atoms with van der Waals surface area (Å²) in [4.78, 5) is 0.186. The van der Waals surface area contributed by atoms with Crippen molar-refractivity contribution in [2.75, 3.05) is 0 Å². The van der Waals surface area contributed by atoms with Gasteiger partial charge in [-0.15, -0.1) is 0 Å². The van der Waals surface area contributed by atoms with Gasteiger partial charge >= 0.3 is 30.4 Å². The lowest BCUT2D eigenvalue weighted by molar-refractivity contribution is -1.03. The van der Waals surface area contributed by atoms with Gasteiger partial charge in [-0.05, 0) is 56.6 Å². The second-order valence-electron chi connectivity index (χ2n) is 7.50. The van der Waals surface area contributed by atoms with E-state index in [2.05, 4.69) is 0 Å². The third kappa shape index (κ3) is 4.03. The summed E-state index contributed by atoms with van der Waals surface area (Å²) in [6.07, 6.45) is 0. The summed E-state index contributed by atoms with van der Waals surface area (Å²) in [5, 5.41) is 4.22. The molecule has 0 unspecified atom stereocenters. The Morgan fingerprint density at radius 1 is 0.594 bits per heavy atom. The van der Waals surface area contributed by atoms with Crippen LogP contribution in [0.4, 0.5) is 0 Å². The van der Waals surface area contributed by atoms with Crippen molar-refractivity contribution in [3.63, 3.8) is 0 Å². The number of hydrogen-bond acceptors (Lipinski definition) is 3. The van der Waals surface area contributed by atoms with Crippen molar-refractivity contribution >= 4 is 31.7 Å². The Balaban J connectivity index is 1.73. The summed E-state index contributed by atoms with van der Waals surface area (Å²) in [7, 11) is -3.94. The molecule has 0 spiro atoms. The van der Waals surface area contributed by atoms with Gasteiger partial charge in [0.05, 0.1) is 4.90 Å². The van der Waals surface area contributed by atoms with E-state index in [1.54, 1.807) is 24.3 Å². The standard InChI is InChI=1S/C27H21IO3S/c1-20-16-18-23(19-17-20)32(29,30)31-28(26-14-6-10-21-8-2-4-12-24(21)26)27-15-7-11-22-9-3-5-13-25(22)27/h2-19H,1H3/q+1. The van der Waals surface area contributed by atoms with Crippen LogP contribution in [0.1, 0.15) is 5.56 Å². The number of aryl methyl sites for hydroxylation is 1. The van der Waals surface area contributed by atoms with Gasteiger partial charge in [-0.1, -0.05) is 78.4 Å². The molecule has 0 aromatic heterocycles. The molecule has 0 aliphatic rings. The molecule has 0 amide bonds. The molecule has 1 radical (unpaired) electrons. The van der Waals surface area contributed by atoms with Gasteiger partial charge in [0, 0.05) is 10.8 Å². The predicted octanol–water partition coefficient (Wildman–Crippen LogP) is 3.29. The van der Waals surface area contributed by atoms with Crippen molar-refractivity contribution < 1.29 is 31.2 Å². The summed E-state index contributed by atoms with van der Waals surface area (Å²) in [6, 6.07) is 35.0. The maximum atomic E-state index is 13.4. The van der Waals surface area contributed by atoms with E-state index >= 15 is 0 Å². The molecule has 0 fully saturated rings. The first-order chi connectivity index (χ1) is 15.5. The van der Waals surface area contributed by atoms with Crippen molar-refractivity contribution in [1.82, 2.24) is 0 Å². The van der Waals surface area contributed by atoms with Crippen LogP contribution in [-0.2, 0) is 12.6 Å². The number of hydrogen-bond donors (Lipinski definition) is 0. The third-order valence-corrected chi connectivity index (χ3v) is 12.9. The van der Waals surface area contributed by atoms with E-state index in [-0.39, 0.29) is 4.90 Å². The van der Waals surface area contributed by atoms with Crippen LogP contribution in [0, 0.1) is 14.1 Å². The molecular weight excluding hydrogens is 531 g/mol. The maximum Gasteiger partial charge on any atom is 0.336 e. The lowest BCUT2D eigenvalue weighted by Gasteiger charge is -2.10. The molecule has 0 saturated heterocycles. The Labute approximate surface area is 195 Å². The largest absolute Gasteiger partial charge is 0.336 e. The van der Waals surface area contributed by atoms with Gasteiger partial charge in [0.15, 0.2) is 7.14 Å². The number of fused-ring (bicyclic) bond motifs is 2. The fourth-order valence-electron chi connectivity index (χ4n) is 3.67. The molecule has 0 aliphatic carbocycles. The Morgan fingerprint density at radius 2 is 1.06 bits per heavy atom. The van der Waals surface area contributed by atoms with E-state index in [4.69, 9.17) is 2.51 Å². The number of rotatable bonds is 5. The molecule has 5 rings (SSSR count). The van der Waals surface area contributed by atoms with Gasteiger partial charge in [-0.3, -0.25) is 0 Å². The Bertz CT molecular complexity index is 1440. The average molecular weight is 552 g/mol. The fraction of sp³-hybridized carbons (Fsp3) is 0.0370. The van der Waals surface area contributed by atoms with Crippen molar-refractivity contribution in [2.24, 2.45) is 0 Å². The van der Waals surface area contributed by atoms with Crippen LogP contribution in [0.3, 0.4) is 0 Å². The second kappa shape index (κ2) is 8.65. The molecule has 0 atom stereocenters. The molecule has 0 heterocycles. The van der Waals surface area contributed by atoms with Crippen LogP contribution in [0.15, 0.2) is 114 Å². The van der Waals surface area contributed by atoms with E-state index in [1.807, 2.05) is 91.9 Å². The van der Waals surface area contributed by atoms with Crippen molar-refractivity contribution in [3.8, 4) is 0 Å². The maximum absolute atomic E-state index is 13.4. The van der Waals surface area contributed by atoms with Gasteiger partial charge in [-0.2, -0.15) is 8.42 Å². The molecule has 32 heavy (non-hydrogen) atoms. The summed E-state index contributed by atoms with van der Waals surface area (Å²) < 4.78 is 34.9. The molecule has 0 bridgehead atoms. The Hall–Kier alpha value is -2.74. The topological polar surface area (TPSA) is 43.4 Å². The van der Waals surface area contributed by atoms with Gasteiger partial charge in [0.25, 0.3) is 0 Å². The summed E-state index contributed by atoms with van der Waals surface area (Å²) >= 11 is -2.88. The van der Waals surface area contributed by atoms with Crippen LogP contribution >= 0.6 is 0 Å². The smallest absolute Gasteiger partial charge is 0.190 e. The third-order valence-electron chi connectivity index (χ3n) is 5.30. The monoisotopic (exact) mass is 552 g/mol. The summed E-state index contributed by atoms with van der Waals surface area (Å²) in [5.41, 5.74) is 1.00. The summed E-state index contributed by atoms with van der Waals surface area (Å²) in [5.74, 6) is 0. The lowest BCUT2D eigenvalue weighted by Crippen LogP contribution is -3.85. The highest BCUT2D eigenvalue weighted by Crippen LogP contribution is 2.16. The number of benzene rings is 5. The molecule has 0 aliphatic heterocycles. The minimum absolute atomic E-state index is 0.186. The second-order valence-corrected chi connectivity index (χ2v) is 13.8. The zero-order valence-corrected chi connectivity index (χ0v) is 20.4. The predicted molar refractivity (Wildman–Crippen MR) is 125 cm³/mol. The fourth-order valence-corrected chi connectivity index (χ4v) is 11.5. The molecule has 159 valence electrons. The quantitative estimate of drug-likeness (QED) is 0.315. The first kappa shape index (κ1) is 21.1. The first-order valence-corrected chi connectivity index (χ1v) is 14.6. The van der Waals surface area contributed by atoms with Gasteiger partial charge < -0.3 is 0 Å². The van der Waals surface area contributed by atoms with Crippen molar-refractivity contribution in [2.45, 2.75) is 11.8 Å².